The second kappa shape index (κ2) is 8.71. The van der Waals surface area contributed by atoms with Crippen LogP contribution >= 0.6 is 22.7 Å². The van der Waals surface area contributed by atoms with Crippen LogP contribution < -0.4 is 0 Å². The second-order valence-corrected chi connectivity index (χ2v) is 13.1. The van der Waals surface area contributed by atoms with Crippen molar-refractivity contribution >= 4 is 95.7 Å². The Balaban J connectivity index is 1.38. The van der Waals surface area contributed by atoms with Crippen LogP contribution in [0.25, 0.3) is 90.3 Å². The largest absolute Gasteiger partial charge is 0.276 e. The maximum atomic E-state index is 5.43. The van der Waals surface area contributed by atoms with E-state index in [-0.39, 0.29) is 0 Å². The highest BCUT2D eigenvalue weighted by Gasteiger charge is 2.23. The lowest BCUT2D eigenvalue weighted by molar-refractivity contribution is 1.02. The molecule has 0 unspecified atom stereocenters. The van der Waals surface area contributed by atoms with Gasteiger partial charge in [0, 0.05) is 31.8 Å². The van der Waals surface area contributed by atoms with Crippen molar-refractivity contribution in [3.8, 4) is 17.2 Å². The minimum atomic E-state index is 0.704. The average molecular weight is 584 g/mol. The molecule has 0 amide bonds. The van der Waals surface area contributed by atoms with Crippen LogP contribution in [0.4, 0.5) is 0 Å². The maximum Gasteiger partial charge on any atom is 0.235 e. The van der Waals surface area contributed by atoms with Crippen molar-refractivity contribution in [2.24, 2.45) is 0 Å². The molecule has 0 spiro atoms. The Morgan fingerprint density at radius 3 is 2.12 bits per heavy atom. The van der Waals surface area contributed by atoms with Crippen LogP contribution in [0.15, 0.2) is 127 Å². The van der Waals surface area contributed by atoms with Gasteiger partial charge in [-0.05, 0) is 40.4 Å². The lowest BCUT2D eigenvalue weighted by atomic mass is 10.00. The van der Waals surface area contributed by atoms with Crippen LogP contribution in [-0.4, -0.2) is 14.5 Å². The quantitative estimate of drug-likeness (QED) is 0.190. The maximum absolute atomic E-state index is 5.43. The van der Waals surface area contributed by atoms with Gasteiger partial charge in [0.15, 0.2) is 0 Å². The van der Waals surface area contributed by atoms with Gasteiger partial charge in [-0.1, -0.05) is 103 Å². The average Bonchev–Trinajstić information content (AvgIpc) is 3.71. The summed E-state index contributed by atoms with van der Waals surface area (Å²) < 4.78 is 7.54. The number of thiophene rings is 2. The highest BCUT2D eigenvalue weighted by Crippen LogP contribution is 2.48. The molecule has 0 radical (unpaired) electrons. The van der Waals surface area contributed by atoms with Crippen molar-refractivity contribution in [2.75, 3.05) is 0 Å². The van der Waals surface area contributed by atoms with Crippen LogP contribution in [0, 0.1) is 0 Å². The summed E-state index contributed by atoms with van der Waals surface area (Å²) in [6, 6.07) is 45.5. The molecule has 0 aliphatic carbocycles. The van der Waals surface area contributed by atoms with Crippen LogP contribution in [0.3, 0.4) is 0 Å². The van der Waals surface area contributed by atoms with Crippen molar-refractivity contribution in [3.63, 3.8) is 0 Å². The molecule has 0 saturated heterocycles. The summed E-state index contributed by atoms with van der Waals surface area (Å²) in [7, 11) is 0. The number of benzene rings is 6. The molecule has 10 aromatic rings. The number of aromatic nitrogens is 3. The molecule has 0 aliphatic rings. The third-order valence-electron chi connectivity index (χ3n) is 8.60. The number of nitrogens with zero attached hydrogens (tertiary/aromatic N) is 3. The molecule has 0 fully saturated rings. The molecule has 0 bridgehead atoms. The molecule has 4 heterocycles. The second-order valence-electron chi connectivity index (χ2n) is 11.0. The van der Waals surface area contributed by atoms with Crippen LogP contribution in [0.5, 0.6) is 0 Å². The first-order chi connectivity index (χ1) is 21.3. The summed E-state index contributed by atoms with van der Waals surface area (Å²) in [6.45, 7) is 0. The summed E-state index contributed by atoms with van der Waals surface area (Å²) in [5, 5.41) is 8.35. The van der Waals surface area contributed by atoms with Gasteiger partial charge in [0.2, 0.25) is 5.95 Å². The van der Waals surface area contributed by atoms with Gasteiger partial charge in [-0.25, -0.2) is 9.97 Å². The monoisotopic (exact) mass is 583 g/mol. The van der Waals surface area contributed by atoms with Crippen LogP contribution in [0.2, 0.25) is 0 Å². The van der Waals surface area contributed by atoms with Gasteiger partial charge in [0.25, 0.3) is 0 Å². The lowest BCUT2D eigenvalue weighted by Crippen LogP contribution is -2.03. The van der Waals surface area contributed by atoms with E-state index in [0.717, 1.165) is 33.1 Å². The Morgan fingerprint density at radius 1 is 0.488 bits per heavy atom. The number of hydrogen-bond donors (Lipinski definition) is 0. The molecule has 0 aliphatic heterocycles. The van der Waals surface area contributed by atoms with E-state index in [4.69, 9.17) is 9.97 Å². The van der Waals surface area contributed by atoms with E-state index in [9.17, 15) is 0 Å². The summed E-state index contributed by atoms with van der Waals surface area (Å²) in [5.41, 5.74) is 5.34. The Kier molecular flexibility index (Phi) is 4.75. The fourth-order valence-electron chi connectivity index (χ4n) is 6.62. The Labute approximate surface area is 253 Å². The fourth-order valence-corrected chi connectivity index (χ4v) is 9.39. The summed E-state index contributed by atoms with van der Waals surface area (Å²) in [6.07, 6.45) is 0. The van der Waals surface area contributed by atoms with Crippen molar-refractivity contribution in [3.05, 3.63) is 127 Å². The molecule has 43 heavy (non-hydrogen) atoms. The first-order valence-corrected chi connectivity index (χ1v) is 16.0. The number of hydrogen-bond acceptors (Lipinski definition) is 4. The van der Waals surface area contributed by atoms with Gasteiger partial charge in [-0.3, -0.25) is 4.57 Å². The highest BCUT2D eigenvalue weighted by molar-refractivity contribution is 7.37. The predicted octanol–water partition coefficient (Wildman–Crippen LogP) is 11.1. The first-order valence-electron chi connectivity index (χ1n) is 14.3. The summed E-state index contributed by atoms with van der Waals surface area (Å²) in [4.78, 5) is 10.8. The summed E-state index contributed by atoms with van der Waals surface area (Å²) in [5.74, 6) is 0.704. The smallest absolute Gasteiger partial charge is 0.235 e. The Morgan fingerprint density at radius 2 is 1.21 bits per heavy atom. The Bertz CT molecular complexity index is 2750. The third kappa shape index (κ3) is 3.29. The standard InChI is InChI=1S/C38H21N3S2/c1-2-11-24-21-25(18-17-22(24)9-1)32-29-20-19-23-10-3-4-12-26(23)33(29)40-38(39-32)41-30-15-7-5-13-27(30)35-34(41)37-36(43-35)28-14-6-8-16-31(28)42-37/h1-21H. The first kappa shape index (κ1) is 23.5. The molecule has 0 saturated carbocycles. The normalized spacial score (nSPS) is 12.2. The predicted molar refractivity (Wildman–Crippen MR) is 185 cm³/mol. The van der Waals surface area contributed by atoms with Crippen molar-refractivity contribution in [1.82, 2.24) is 14.5 Å². The zero-order valence-electron chi connectivity index (χ0n) is 22.8. The zero-order chi connectivity index (χ0) is 28.1. The van der Waals surface area contributed by atoms with Gasteiger partial charge in [0.05, 0.1) is 36.3 Å². The third-order valence-corrected chi connectivity index (χ3v) is 11.2. The van der Waals surface area contributed by atoms with Gasteiger partial charge in [-0.2, -0.15) is 0 Å². The van der Waals surface area contributed by atoms with E-state index < -0.39 is 0 Å². The number of rotatable bonds is 2. The van der Waals surface area contributed by atoms with Crippen molar-refractivity contribution in [1.29, 1.82) is 0 Å². The van der Waals surface area contributed by atoms with E-state index in [1.54, 1.807) is 0 Å². The van der Waals surface area contributed by atoms with E-state index in [2.05, 4.69) is 132 Å². The van der Waals surface area contributed by atoms with Gasteiger partial charge < -0.3 is 0 Å². The SMILES string of the molecule is c1ccc2cc(-c3nc(-n4c5ccccc5c5sc6c7ccccc7sc6c54)nc4c3ccc3ccccc34)ccc2c1. The molecule has 0 N–H and O–H groups in total. The van der Waals surface area contributed by atoms with Crippen LogP contribution in [-0.2, 0) is 0 Å². The van der Waals surface area contributed by atoms with Gasteiger partial charge in [-0.15, -0.1) is 22.7 Å². The van der Waals surface area contributed by atoms with Gasteiger partial charge in [0.1, 0.15) is 0 Å². The van der Waals surface area contributed by atoms with Gasteiger partial charge >= 0.3 is 0 Å². The van der Waals surface area contributed by atoms with E-state index in [1.807, 2.05) is 22.7 Å². The van der Waals surface area contributed by atoms with E-state index in [1.165, 1.54) is 51.2 Å². The molecular weight excluding hydrogens is 563 g/mol. The molecule has 200 valence electrons. The highest BCUT2D eigenvalue weighted by atomic mass is 32.1. The number of fused-ring (bicyclic) bond motifs is 11. The zero-order valence-corrected chi connectivity index (χ0v) is 24.4. The fraction of sp³-hybridized carbons (Fsp3) is 0. The molecule has 5 heteroatoms. The minimum absolute atomic E-state index is 0.704. The van der Waals surface area contributed by atoms with Crippen molar-refractivity contribution in [2.45, 2.75) is 0 Å². The van der Waals surface area contributed by atoms with E-state index >= 15 is 0 Å². The molecule has 6 aromatic carbocycles. The molecule has 3 nitrogen and oxygen atoms in total. The Hall–Kier alpha value is -5.10. The van der Waals surface area contributed by atoms with Crippen LogP contribution in [0.1, 0.15) is 0 Å². The topological polar surface area (TPSA) is 30.7 Å². The summed E-state index contributed by atoms with van der Waals surface area (Å²) >= 11 is 3.75. The molecule has 10 rings (SSSR count). The van der Waals surface area contributed by atoms with E-state index in [0.29, 0.717) is 5.95 Å². The number of para-hydroxylation sites is 1. The minimum Gasteiger partial charge on any atom is -0.276 e. The molecular formula is C38H21N3S2. The van der Waals surface area contributed by atoms with Crippen molar-refractivity contribution < 1.29 is 0 Å². The lowest BCUT2D eigenvalue weighted by Gasteiger charge is -2.13. The molecule has 0 atom stereocenters. The molecule has 4 aromatic heterocycles.